The van der Waals surface area contributed by atoms with Crippen molar-refractivity contribution in [3.05, 3.63) is 162 Å². The molecule has 7 heteroatoms. The largest absolute Gasteiger partial charge is 0.363 e. The van der Waals surface area contributed by atoms with Gasteiger partial charge in [-0.2, -0.15) is 0 Å². The van der Waals surface area contributed by atoms with Gasteiger partial charge in [0, 0.05) is 36.3 Å². The fraction of sp³-hybridized carbons (Fsp3) is 0.184. The SMILES string of the molecule is O=C(CCc1c[nH]c2ccccc12)CNC(=S)NCCCc1cn(C(c2ccccc2)(c2ccccc2)c2ccccc2)cn1. The predicted octanol–water partition coefficient (Wildman–Crippen LogP) is 6.80. The van der Waals surface area contributed by atoms with Crippen LogP contribution in [0, 0.1) is 0 Å². The van der Waals surface area contributed by atoms with Crippen LogP contribution in [0.25, 0.3) is 10.9 Å². The smallest absolute Gasteiger partial charge is 0.166 e. The number of H-pyrrole nitrogens is 1. The summed E-state index contributed by atoms with van der Waals surface area (Å²) in [6, 6.07) is 40.0. The molecule has 0 bridgehead atoms. The van der Waals surface area contributed by atoms with Gasteiger partial charge in [-0.1, -0.05) is 109 Å². The first-order valence-corrected chi connectivity index (χ1v) is 15.8. The van der Waals surface area contributed by atoms with Crippen molar-refractivity contribution in [2.75, 3.05) is 13.1 Å². The molecule has 45 heavy (non-hydrogen) atoms. The number of imidazole rings is 1. The average molecular weight is 612 g/mol. The van der Waals surface area contributed by atoms with Crippen LogP contribution in [0.3, 0.4) is 0 Å². The van der Waals surface area contributed by atoms with Crippen LogP contribution < -0.4 is 10.6 Å². The third-order valence-electron chi connectivity index (χ3n) is 8.29. The Labute approximate surface area is 269 Å². The molecule has 0 aliphatic rings. The minimum absolute atomic E-state index is 0.133. The Morgan fingerprint density at radius 1 is 0.778 bits per heavy atom. The minimum Gasteiger partial charge on any atom is -0.363 e. The molecule has 0 aliphatic carbocycles. The van der Waals surface area contributed by atoms with E-state index in [4.69, 9.17) is 17.2 Å². The molecule has 0 radical (unpaired) electrons. The Morgan fingerprint density at radius 3 is 2.02 bits per heavy atom. The standard InChI is InChI=1S/C38H37N5OS/c44-34(23-22-29-25-40-36-21-11-10-20-35(29)36)26-41-37(45)39-24-12-19-33-27-43(28-42-33)38(30-13-4-1-5-14-30,31-15-6-2-7-16-31)32-17-8-3-9-18-32/h1-11,13-18,20-21,25,27-28,40H,12,19,22-24,26H2,(H2,39,41,45). The summed E-state index contributed by atoms with van der Waals surface area (Å²) in [5.41, 5.74) is 6.20. The van der Waals surface area contributed by atoms with Crippen LogP contribution in [0.1, 0.15) is 40.8 Å². The second-order valence-corrected chi connectivity index (χ2v) is 11.6. The van der Waals surface area contributed by atoms with Crippen molar-refractivity contribution in [2.24, 2.45) is 0 Å². The number of hydrogen-bond donors (Lipinski definition) is 3. The Morgan fingerprint density at radius 2 is 1.38 bits per heavy atom. The number of para-hydroxylation sites is 1. The molecule has 226 valence electrons. The molecular weight excluding hydrogens is 575 g/mol. The summed E-state index contributed by atoms with van der Waals surface area (Å²) < 4.78 is 2.24. The number of Topliss-reactive ketones (excluding diaryl/α,β-unsaturated/α-hetero) is 1. The lowest BCUT2D eigenvalue weighted by Crippen LogP contribution is -2.38. The van der Waals surface area contributed by atoms with Gasteiger partial charge in [0.15, 0.2) is 10.9 Å². The average Bonchev–Trinajstić information content (AvgIpc) is 3.74. The molecular formula is C38H37N5OS. The fourth-order valence-electron chi connectivity index (χ4n) is 6.08. The topological polar surface area (TPSA) is 74.7 Å². The van der Waals surface area contributed by atoms with Crippen molar-refractivity contribution in [3.8, 4) is 0 Å². The molecule has 0 saturated heterocycles. The zero-order chi connectivity index (χ0) is 30.9. The number of fused-ring (bicyclic) bond motifs is 1. The highest BCUT2D eigenvalue weighted by atomic mass is 32.1. The van der Waals surface area contributed by atoms with Gasteiger partial charge in [0.05, 0.1) is 18.6 Å². The van der Waals surface area contributed by atoms with E-state index in [0.29, 0.717) is 24.5 Å². The zero-order valence-corrected chi connectivity index (χ0v) is 26.0. The number of carbonyl (C=O) groups excluding carboxylic acids is 1. The number of aromatic nitrogens is 3. The monoisotopic (exact) mass is 611 g/mol. The van der Waals surface area contributed by atoms with Gasteiger partial charge in [0.2, 0.25) is 0 Å². The number of thiocarbonyl (C=S) groups is 1. The predicted molar refractivity (Wildman–Crippen MR) is 185 cm³/mol. The Hall–Kier alpha value is -5.01. The van der Waals surface area contributed by atoms with Crippen molar-refractivity contribution >= 4 is 34.0 Å². The highest BCUT2D eigenvalue weighted by Crippen LogP contribution is 2.40. The Balaban J connectivity index is 1.05. The molecule has 4 aromatic carbocycles. The fourth-order valence-corrected chi connectivity index (χ4v) is 6.25. The maximum absolute atomic E-state index is 12.5. The van der Waals surface area contributed by atoms with E-state index < -0.39 is 5.54 Å². The van der Waals surface area contributed by atoms with Gasteiger partial charge in [0.1, 0.15) is 5.54 Å². The van der Waals surface area contributed by atoms with Gasteiger partial charge in [-0.05, 0) is 59.8 Å². The summed E-state index contributed by atoms with van der Waals surface area (Å²) in [4.78, 5) is 20.6. The summed E-state index contributed by atoms with van der Waals surface area (Å²) in [5, 5.41) is 7.99. The maximum atomic E-state index is 12.5. The summed E-state index contributed by atoms with van der Waals surface area (Å²) >= 11 is 5.45. The van der Waals surface area contributed by atoms with Crippen LogP contribution >= 0.6 is 12.2 Å². The lowest BCUT2D eigenvalue weighted by Gasteiger charge is -2.37. The molecule has 0 unspecified atom stereocenters. The lowest BCUT2D eigenvalue weighted by molar-refractivity contribution is -0.118. The molecule has 2 aromatic heterocycles. The molecule has 6 aromatic rings. The van der Waals surface area contributed by atoms with E-state index in [1.54, 1.807) is 0 Å². The van der Waals surface area contributed by atoms with Gasteiger partial charge in [-0.25, -0.2) is 4.98 Å². The number of ketones is 1. The first kappa shape index (κ1) is 30.0. The zero-order valence-electron chi connectivity index (χ0n) is 25.2. The number of hydrogen-bond acceptors (Lipinski definition) is 3. The summed E-state index contributed by atoms with van der Waals surface area (Å²) in [7, 11) is 0. The first-order valence-electron chi connectivity index (χ1n) is 15.4. The van der Waals surface area contributed by atoms with Crippen LogP contribution in [-0.2, 0) is 23.2 Å². The van der Waals surface area contributed by atoms with Gasteiger partial charge < -0.3 is 20.2 Å². The van der Waals surface area contributed by atoms with E-state index >= 15 is 0 Å². The second-order valence-electron chi connectivity index (χ2n) is 11.2. The molecule has 0 saturated carbocycles. The van der Waals surface area contributed by atoms with Crippen LogP contribution in [0.4, 0.5) is 0 Å². The highest BCUT2D eigenvalue weighted by molar-refractivity contribution is 7.80. The third kappa shape index (κ3) is 6.74. The number of aromatic amines is 1. The summed E-state index contributed by atoms with van der Waals surface area (Å²) in [6.45, 7) is 0.905. The van der Waals surface area contributed by atoms with Crippen LogP contribution in [0.5, 0.6) is 0 Å². The quantitative estimate of drug-likeness (QED) is 0.0761. The molecule has 6 nitrogen and oxygen atoms in total. The van der Waals surface area contributed by atoms with E-state index in [2.05, 4.69) is 123 Å². The van der Waals surface area contributed by atoms with Crippen molar-refractivity contribution in [2.45, 2.75) is 31.2 Å². The minimum atomic E-state index is -0.570. The molecule has 3 N–H and O–H groups in total. The first-order chi connectivity index (χ1) is 22.1. The van der Waals surface area contributed by atoms with E-state index in [1.807, 2.05) is 30.7 Å². The number of aryl methyl sites for hydroxylation is 2. The normalized spacial score (nSPS) is 11.4. The third-order valence-corrected chi connectivity index (χ3v) is 8.58. The molecule has 6 rings (SSSR count). The Bertz CT molecular complexity index is 1750. The number of nitrogens with one attached hydrogen (secondary N) is 3. The highest BCUT2D eigenvalue weighted by Gasteiger charge is 2.38. The summed E-state index contributed by atoms with van der Waals surface area (Å²) in [6.07, 6.45) is 8.92. The number of benzene rings is 4. The molecule has 0 aliphatic heterocycles. The molecule has 0 fully saturated rings. The van der Waals surface area contributed by atoms with E-state index in [0.717, 1.165) is 29.6 Å². The van der Waals surface area contributed by atoms with Crippen molar-refractivity contribution in [1.29, 1.82) is 0 Å². The van der Waals surface area contributed by atoms with Gasteiger partial charge in [-0.3, -0.25) is 4.79 Å². The van der Waals surface area contributed by atoms with Crippen molar-refractivity contribution in [1.82, 2.24) is 25.2 Å². The number of rotatable bonds is 13. The molecule has 0 atom stereocenters. The molecule has 0 amide bonds. The maximum Gasteiger partial charge on any atom is 0.166 e. The summed E-state index contributed by atoms with van der Waals surface area (Å²) in [5.74, 6) is 0.133. The van der Waals surface area contributed by atoms with Gasteiger partial charge in [0.25, 0.3) is 0 Å². The molecule has 0 spiro atoms. The van der Waals surface area contributed by atoms with Crippen molar-refractivity contribution < 1.29 is 4.79 Å². The van der Waals surface area contributed by atoms with E-state index in [1.165, 1.54) is 22.1 Å². The van der Waals surface area contributed by atoms with Crippen LogP contribution in [-0.4, -0.2) is 38.5 Å². The number of nitrogens with zero attached hydrogens (tertiary/aromatic N) is 2. The van der Waals surface area contributed by atoms with Crippen LogP contribution in [0.2, 0.25) is 0 Å². The Kier molecular flexibility index (Phi) is 9.47. The lowest BCUT2D eigenvalue weighted by atomic mass is 9.77. The van der Waals surface area contributed by atoms with Gasteiger partial charge in [-0.15, -0.1) is 0 Å². The number of carbonyl (C=O) groups is 1. The molecule has 2 heterocycles. The van der Waals surface area contributed by atoms with E-state index in [-0.39, 0.29) is 12.3 Å². The van der Waals surface area contributed by atoms with Gasteiger partial charge >= 0.3 is 0 Å². The van der Waals surface area contributed by atoms with Crippen molar-refractivity contribution in [3.63, 3.8) is 0 Å². The van der Waals surface area contributed by atoms with E-state index in [9.17, 15) is 4.79 Å². The van der Waals surface area contributed by atoms with Crippen LogP contribution in [0.15, 0.2) is 134 Å². The second kappa shape index (κ2) is 14.2.